The molecular formula is C11H13BrN2O3. The molecule has 5 nitrogen and oxygen atoms in total. The molecule has 2 rings (SSSR count). The Morgan fingerprint density at radius 1 is 1.71 bits per heavy atom. The fourth-order valence-electron chi connectivity index (χ4n) is 1.83. The van der Waals surface area contributed by atoms with Gasteiger partial charge >= 0.3 is 5.97 Å². The van der Waals surface area contributed by atoms with Crippen molar-refractivity contribution in [1.82, 2.24) is 9.88 Å². The molecule has 0 aromatic carbocycles. The summed E-state index contributed by atoms with van der Waals surface area (Å²) >= 11 is 3.34. The van der Waals surface area contributed by atoms with E-state index >= 15 is 0 Å². The van der Waals surface area contributed by atoms with Crippen LogP contribution in [0.2, 0.25) is 0 Å². The number of halogens is 1. The van der Waals surface area contributed by atoms with Gasteiger partial charge in [0.1, 0.15) is 5.69 Å². The zero-order chi connectivity index (χ0) is 12.4. The number of hydrogen-bond acceptors (Lipinski definition) is 3. The Bertz CT molecular complexity index is 456. The van der Waals surface area contributed by atoms with Crippen molar-refractivity contribution in [3.63, 3.8) is 0 Å². The van der Waals surface area contributed by atoms with Gasteiger partial charge in [0.25, 0.3) is 5.91 Å². The summed E-state index contributed by atoms with van der Waals surface area (Å²) in [4.78, 5) is 22.5. The second kappa shape index (κ2) is 4.91. The number of fused-ring (bicyclic) bond motifs is 1. The molecule has 0 saturated heterocycles. The molecule has 0 aliphatic carbocycles. The van der Waals surface area contributed by atoms with Crippen molar-refractivity contribution in [3.05, 3.63) is 22.4 Å². The number of nitrogens with zero attached hydrogens (tertiary/aromatic N) is 1. The van der Waals surface area contributed by atoms with E-state index in [1.54, 1.807) is 6.07 Å². The first kappa shape index (κ1) is 12.2. The number of aromatic nitrogens is 1. The van der Waals surface area contributed by atoms with Crippen molar-refractivity contribution in [2.45, 2.75) is 13.5 Å². The summed E-state index contributed by atoms with van der Waals surface area (Å²) in [6, 6.07) is 1.78. The van der Waals surface area contributed by atoms with Gasteiger partial charge in [-0.25, -0.2) is 0 Å². The van der Waals surface area contributed by atoms with Gasteiger partial charge in [-0.15, -0.1) is 0 Å². The SMILES string of the molecule is CC(=O)OCC1CNC(=O)c2cc(Br)cn2C1. The molecule has 1 atom stereocenters. The Labute approximate surface area is 107 Å². The van der Waals surface area contributed by atoms with E-state index in [-0.39, 0.29) is 17.8 Å². The standard InChI is InChI=1S/C11H13BrN2O3/c1-7(15)17-6-8-3-13-11(16)10-2-9(12)5-14(10)4-8/h2,5,8H,3-4,6H2,1H3,(H,13,16). The minimum absolute atomic E-state index is 0.0963. The van der Waals surface area contributed by atoms with Crippen molar-refractivity contribution in [2.24, 2.45) is 5.92 Å². The number of hydrogen-bond donors (Lipinski definition) is 1. The summed E-state index contributed by atoms with van der Waals surface area (Å²) in [7, 11) is 0. The topological polar surface area (TPSA) is 60.3 Å². The summed E-state index contributed by atoms with van der Waals surface area (Å²) in [6.45, 7) is 2.89. The van der Waals surface area contributed by atoms with Crippen LogP contribution in [0.3, 0.4) is 0 Å². The van der Waals surface area contributed by atoms with Crippen LogP contribution in [0.1, 0.15) is 17.4 Å². The minimum atomic E-state index is -0.297. The first-order chi connectivity index (χ1) is 8.06. The van der Waals surface area contributed by atoms with Crippen LogP contribution >= 0.6 is 15.9 Å². The average Bonchev–Trinajstić information content (AvgIpc) is 2.56. The maximum absolute atomic E-state index is 11.7. The predicted molar refractivity (Wildman–Crippen MR) is 64.6 cm³/mol. The summed E-state index contributed by atoms with van der Waals surface area (Å²) < 4.78 is 7.73. The molecule has 0 saturated carbocycles. The highest BCUT2D eigenvalue weighted by molar-refractivity contribution is 9.10. The second-order valence-electron chi connectivity index (χ2n) is 4.07. The van der Waals surface area contributed by atoms with Gasteiger partial charge in [-0.2, -0.15) is 0 Å². The number of ether oxygens (including phenoxy) is 1. The second-order valence-corrected chi connectivity index (χ2v) is 4.99. The Morgan fingerprint density at radius 3 is 3.18 bits per heavy atom. The number of carbonyl (C=O) groups excluding carboxylic acids is 2. The highest BCUT2D eigenvalue weighted by Crippen LogP contribution is 2.18. The van der Waals surface area contributed by atoms with Crippen LogP contribution in [0, 0.1) is 5.92 Å². The smallest absolute Gasteiger partial charge is 0.302 e. The van der Waals surface area contributed by atoms with Crippen LogP contribution < -0.4 is 5.32 Å². The highest BCUT2D eigenvalue weighted by Gasteiger charge is 2.22. The maximum Gasteiger partial charge on any atom is 0.302 e. The average molecular weight is 301 g/mol. The zero-order valence-electron chi connectivity index (χ0n) is 9.40. The van der Waals surface area contributed by atoms with E-state index in [1.165, 1.54) is 6.92 Å². The number of carbonyl (C=O) groups is 2. The molecule has 1 unspecified atom stereocenters. The van der Waals surface area contributed by atoms with Crippen LogP contribution in [0.25, 0.3) is 0 Å². The quantitative estimate of drug-likeness (QED) is 0.834. The van der Waals surface area contributed by atoms with Gasteiger partial charge in [-0.05, 0) is 22.0 Å². The van der Waals surface area contributed by atoms with E-state index in [9.17, 15) is 9.59 Å². The zero-order valence-corrected chi connectivity index (χ0v) is 11.0. The molecule has 1 amide bonds. The minimum Gasteiger partial charge on any atom is -0.465 e. The first-order valence-electron chi connectivity index (χ1n) is 5.33. The number of esters is 1. The van der Waals surface area contributed by atoms with E-state index in [1.807, 2.05) is 10.8 Å². The van der Waals surface area contributed by atoms with Crippen LogP contribution in [-0.4, -0.2) is 29.6 Å². The lowest BCUT2D eigenvalue weighted by Gasteiger charge is -2.14. The van der Waals surface area contributed by atoms with Crippen LogP contribution in [0.15, 0.2) is 16.7 Å². The summed E-state index contributed by atoms with van der Waals surface area (Å²) in [6.07, 6.45) is 1.86. The Morgan fingerprint density at radius 2 is 2.47 bits per heavy atom. The van der Waals surface area contributed by atoms with Crippen LogP contribution in [-0.2, 0) is 16.1 Å². The normalized spacial score (nSPS) is 19.2. The maximum atomic E-state index is 11.7. The molecule has 1 N–H and O–H groups in total. The predicted octanol–water partition coefficient (Wildman–Crippen LogP) is 1.17. The molecule has 92 valence electrons. The van der Waals surface area contributed by atoms with E-state index in [4.69, 9.17) is 4.74 Å². The van der Waals surface area contributed by atoms with Crippen molar-refractivity contribution in [2.75, 3.05) is 13.2 Å². The lowest BCUT2D eigenvalue weighted by molar-refractivity contribution is -0.142. The first-order valence-corrected chi connectivity index (χ1v) is 6.13. The molecule has 1 aliphatic rings. The third-order valence-electron chi connectivity index (χ3n) is 2.62. The van der Waals surface area contributed by atoms with Crippen molar-refractivity contribution < 1.29 is 14.3 Å². The van der Waals surface area contributed by atoms with E-state index in [0.29, 0.717) is 25.4 Å². The third-order valence-corrected chi connectivity index (χ3v) is 3.06. The molecule has 0 fully saturated rings. The Balaban J connectivity index is 2.11. The molecule has 0 spiro atoms. The number of rotatable bonds is 2. The van der Waals surface area contributed by atoms with Gasteiger partial charge in [0, 0.05) is 36.6 Å². The lowest BCUT2D eigenvalue weighted by atomic mass is 10.1. The van der Waals surface area contributed by atoms with E-state index in [0.717, 1.165) is 4.47 Å². The molecule has 1 aromatic heterocycles. The van der Waals surface area contributed by atoms with Crippen molar-refractivity contribution >= 4 is 27.8 Å². The molecular weight excluding hydrogens is 288 g/mol. The Hall–Kier alpha value is -1.30. The van der Waals surface area contributed by atoms with Gasteiger partial charge in [0.05, 0.1) is 6.61 Å². The van der Waals surface area contributed by atoms with E-state index in [2.05, 4.69) is 21.2 Å². The van der Waals surface area contributed by atoms with Gasteiger partial charge < -0.3 is 14.6 Å². The number of nitrogens with one attached hydrogen (secondary N) is 1. The summed E-state index contributed by atoms with van der Waals surface area (Å²) in [5.74, 6) is -0.293. The molecule has 17 heavy (non-hydrogen) atoms. The molecule has 0 bridgehead atoms. The van der Waals surface area contributed by atoms with Crippen LogP contribution in [0.5, 0.6) is 0 Å². The van der Waals surface area contributed by atoms with Gasteiger partial charge in [-0.3, -0.25) is 9.59 Å². The van der Waals surface area contributed by atoms with Crippen molar-refractivity contribution in [3.8, 4) is 0 Å². The monoisotopic (exact) mass is 300 g/mol. The largest absolute Gasteiger partial charge is 0.465 e. The van der Waals surface area contributed by atoms with Crippen molar-refractivity contribution in [1.29, 1.82) is 0 Å². The van der Waals surface area contributed by atoms with Gasteiger partial charge in [0.15, 0.2) is 0 Å². The fraction of sp³-hybridized carbons (Fsp3) is 0.455. The van der Waals surface area contributed by atoms with E-state index < -0.39 is 0 Å². The molecule has 6 heteroatoms. The molecule has 1 aliphatic heterocycles. The molecule has 2 heterocycles. The van der Waals surface area contributed by atoms with Gasteiger partial charge in [-0.1, -0.05) is 0 Å². The van der Waals surface area contributed by atoms with Crippen LogP contribution in [0.4, 0.5) is 0 Å². The molecule has 0 radical (unpaired) electrons. The highest BCUT2D eigenvalue weighted by atomic mass is 79.9. The molecule has 1 aromatic rings. The Kier molecular flexibility index (Phi) is 3.51. The number of amides is 1. The fourth-order valence-corrected chi connectivity index (χ4v) is 2.30. The van der Waals surface area contributed by atoms with Gasteiger partial charge in [0.2, 0.25) is 0 Å². The summed E-state index contributed by atoms with van der Waals surface area (Å²) in [5.41, 5.74) is 0.627. The third kappa shape index (κ3) is 2.88. The lowest BCUT2D eigenvalue weighted by Crippen LogP contribution is -2.29. The summed E-state index contributed by atoms with van der Waals surface area (Å²) in [5, 5.41) is 2.82.